The van der Waals surface area contributed by atoms with Gasteiger partial charge in [-0.15, -0.1) is 0 Å². The van der Waals surface area contributed by atoms with E-state index in [1.165, 1.54) is 11.0 Å². The number of carbonyl (C=O) groups excluding carboxylic acids is 2. The van der Waals surface area contributed by atoms with E-state index in [2.05, 4.69) is 5.32 Å². The SMILES string of the molecule is COCCCNC(=O)[C@H]1CCC(=O)N(C)[C@@H]1c1ccccc1F. The second kappa shape index (κ2) is 8.06. The van der Waals surface area contributed by atoms with E-state index in [1.54, 1.807) is 32.4 Å². The lowest BCUT2D eigenvalue weighted by molar-refractivity contribution is -0.141. The largest absolute Gasteiger partial charge is 0.385 e. The molecule has 1 fully saturated rings. The molecule has 1 heterocycles. The first-order valence-electron chi connectivity index (χ1n) is 7.83. The van der Waals surface area contributed by atoms with Crippen LogP contribution in [-0.4, -0.2) is 44.0 Å². The lowest BCUT2D eigenvalue weighted by Crippen LogP contribution is -2.46. The van der Waals surface area contributed by atoms with Crippen molar-refractivity contribution in [3.8, 4) is 0 Å². The van der Waals surface area contributed by atoms with Crippen LogP contribution in [0.25, 0.3) is 0 Å². The monoisotopic (exact) mass is 322 g/mol. The Labute approximate surface area is 135 Å². The summed E-state index contributed by atoms with van der Waals surface area (Å²) in [5, 5.41) is 2.86. The number of benzene rings is 1. The van der Waals surface area contributed by atoms with Crippen LogP contribution >= 0.6 is 0 Å². The number of hydrogen-bond acceptors (Lipinski definition) is 3. The summed E-state index contributed by atoms with van der Waals surface area (Å²) in [6, 6.07) is 5.75. The molecule has 2 atom stereocenters. The van der Waals surface area contributed by atoms with Crippen LogP contribution in [-0.2, 0) is 14.3 Å². The Morgan fingerprint density at radius 1 is 1.43 bits per heavy atom. The van der Waals surface area contributed by atoms with E-state index in [0.717, 1.165) is 0 Å². The van der Waals surface area contributed by atoms with Crippen LogP contribution in [0.3, 0.4) is 0 Å². The normalized spacial score (nSPS) is 21.3. The number of hydrogen-bond donors (Lipinski definition) is 1. The van der Waals surface area contributed by atoms with Gasteiger partial charge in [0.25, 0.3) is 0 Å². The Bertz CT molecular complexity index is 565. The number of methoxy groups -OCH3 is 1. The quantitative estimate of drug-likeness (QED) is 0.814. The van der Waals surface area contributed by atoms with Gasteiger partial charge in [-0.3, -0.25) is 9.59 Å². The first-order chi connectivity index (χ1) is 11.1. The van der Waals surface area contributed by atoms with Crippen molar-refractivity contribution in [1.29, 1.82) is 0 Å². The first-order valence-corrected chi connectivity index (χ1v) is 7.83. The van der Waals surface area contributed by atoms with Crippen molar-refractivity contribution in [3.63, 3.8) is 0 Å². The molecule has 1 aromatic carbocycles. The van der Waals surface area contributed by atoms with Gasteiger partial charge in [-0.25, -0.2) is 4.39 Å². The maximum atomic E-state index is 14.2. The van der Waals surface area contributed by atoms with Gasteiger partial charge >= 0.3 is 0 Å². The molecule has 0 spiro atoms. The van der Waals surface area contributed by atoms with Crippen LogP contribution in [0, 0.1) is 11.7 Å². The molecule has 0 aliphatic carbocycles. The zero-order valence-corrected chi connectivity index (χ0v) is 13.5. The summed E-state index contributed by atoms with van der Waals surface area (Å²) in [5.74, 6) is -1.05. The summed E-state index contributed by atoms with van der Waals surface area (Å²) in [7, 11) is 3.24. The number of piperidine rings is 1. The molecule has 0 radical (unpaired) electrons. The Morgan fingerprint density at radius 2 is 2.17 bits per heavy atom. The van der Waals surface area contributed by atoms with E-state index in [4.69, 9.17) is 4.74 Å². The molecular formula is C17H23FN2O3. The lowest BCUT2D eigenvalue weighted by Gasteiger charge is -2.38. The third-order valence-electron chi connectivity index (χ3n) is 4.25. The fourth-order valence-corrected chi connectivity index (χ4v) is 3.01. The predicted molar refractivity (Wildman–Crippen MR) is 84.1 cm³/mol. The molecule has 2 rings (SSSR count). The molecule has 6 heteroatoms. The highest BCUT2D eigenvalue weighted by molar-refractivity contribution is 5.84. The van der Waals surface area contributed by atoms with E-state index in [9.17, 15) is 14.0 Å². The molecule has 23 heavy (non-hydrogen) atoms. The summed E-state index contributed by atoms with van der Waals surface area (Å²) in [5.41, 5.74) is 0.389. The highest BCUT2D eigenvalue weighted by Gasteiger charge is 2.39. The van der Waals surface area contributed by atoms with E-state index in [-0.39, 0.29) is 11.8 Å². The van der Waals surface area contributed by atoms with Gasteiger partial charge in [0.2, 0.25) is 11.8 Å². The Kier molecular flexibility index (Phi) is 6.10. The molecule has 1 aliphatic rings. The summed E-state index contributed by atoms with van der Waals surface area (Å²) in [6.45, 7) is 1.07. The van der Waals surface area contributed by atoms with Gasteiger partial charge in [0.05, 0.1) is 12.0 Å². The molecule has 2 amide bonds. The van der Waals surface area contributed by atoms with Gasteiger partial charge in [0, 0.05) is 39.3 Å². The van der Waals surface area contributed by atoms with Crippen molar-refractivity contribution in [1.82, 2.24) is 10.2 Å². The highest BCUT2D eigenvalue weighted by Crippen LogP contribution is 2.36. The number of carbonyl (C=O) groups is 2. The fourth-order valence-electron chi connectivity index (χ4n) is 3.01. The van der Waals surface area contributed by atoms with Gasteiger partial charge in [0.15, 0.2) is 0 Å². The predicted octanol–water partition coefficient (Wildman–Crippen LogP) is 1.89. The Balaban J connectivity index is 2.17. The summed E-state index contributed by atoms with van der Waals surface area (Å²) in [6.07, 6.45) is 1.45. The van der Waals surface area contributed by atoms with Gasteiger partial charge < -0.3 is 15.0 Å². The smallest absolute Gasteiger partial charge is 0.225 e. The number of rotatable bonds is 6. The molecule has 1 aromatic rings. The van der Waals surface area contributed by atoms with Crippen LogP contribution < -0.4 is 5.32 Å². The average molecular weight is 322 g/mol. The van der Waals surface area contributed by atoms with Crippen LogP contribution in [0.15, 0.2) is 24.3 Å². The van der Waals surface area contributed by atoms with Gasteiger partial charge in [0.1, 0.15) is 5.82 Å². The maximum absolute atomic E-state index is 14.2. The van der Waals surface area contributed by atoms with E-state index in [0.29, 0.717) is 38.0 Å². The number of amides is 2. The third-order valence-corrected chi connectivity index (χ3v) is 4.25. The summed E-state index contributed by atoms with van der Waals surface area (Å²) in [4.78, 5) is 26.0. The lowest BCUT2D eigenvalue weighted by atomic mass is 9.83. The number of halogens is 1. The zero-order chi connectivity index (χ0) is 16.8. The molecule has 126 valence electrons. The minimum Gasteiger partial charge on any atom is -0.385 e. The van der Waals surface area contributed by atoms with Crippen LogP contribution in [0.5, 0.6) is 0 Å². The van der Waals surface area contributed by atoms with Crippen molar-refractivity contribution >= 4 is 11.8 Å². The number of nitrogens with one attached hydrogen (secondary N) is 1. The van der Waals surface area contributed by atoms with Crippen molar-refractivity contribution in [3.05, 3.63) is 35.6 Å². The van der Waals surface area contributed by atoms with Gasteiger partial charge in [-0.1, -0.05) is 18.2 Å². The molecule has 1 saturated heterocycles. The molecule has 0 aromatic heterocycles. The van der Waals surface area contributed by atoms with Crippen LogP contribution in [0.2, 0.25) is 0 Å². The molecule has 0 unspecified atom stereocenters. The van der Waals surface area contributed by atoms with Crippen LogP contribution in [0.1, 0.15) is 30.9 Å². The fraction of sp³-hybridized carbons (Fsp3) is 0.529. The van der Waals surface area contributed by atoms with Crippen molar-refractivity contribution in [2.45, 2.75) is 25.3 Å². The Hall–Kier alpha value is -1.95. The van der Waals surface area contributed by atoms with Gasteiger partial charge in [-0.05, 0) is 18.9 Å². The van der Waals surface area contributed by atoms with Crippen LogP contribution in [0.4, 0.5) is 4.39 Å². The second-order valence-electron chi connectivity index (χ2n) is 5.75. The third kappa shape index (κ3) is 4.07. The first kappa shape index (κ1) is 17.4. The van der Waals surface area contributed by atoms with Crippen molar-refractivity contribution in [2.75, 3.05) is 27.3 Å². The average Bonchev–Trinajstić information content (AvgIpc) is 2.55. The van der Waals surface area contributed by atoms with Crippen molar-refractivity contribution in [2.24, 2.45) is 5.92 Å². The zero-order valence-electron chi connectivity index (χ0n) is 13.5. The van der Waals surface area contributed by atoms with E-state index < -0.39 is 17.8 Å². The van der Waals surface area contributed by atoms with Gasteiger partial charge in [-0.2, -0.15) is 0 Å². The van der Waals surface area contributed by atoms with E-state index >= 15 is 0 Å². The maximum Gasteiger partial charge on any atom is 0.225 e. The topological polar surface area (TPSA) is 58.6 Å². The second-order valence-corrected chi connectivity index (χ2v) is 5.75. The summed E-state index contributed by atoms with van der Waals surface area (Å²) >= 11 is 0. The molecule has 1 N–H and O–H groups in total. The minimum atomic E-state index is -0.570. The van der Waals surface area contributed by atoms with E-state index in [1.807, 2.05) is 0 Å². The standard InChI is InChI=1S/C17H23FN2O3/c1-20-15(21)9-8-13(17(22)19-10-5-11-23-2)16(20)12-6-3-4-7-14(12)18/h3-4,6-7,13,16H,5,8-11H2,1-2H3,(H,19,22)/t13-,16+/m0/s1. The molecule has 0 bridgehead atoms. The molecular weight excluding hydrogens is 299 g/mol. The summed E-state index contributed by atoms with van der Waals surface area (Å²) < 4.78 is 19.1. The molecule has 5 nitrogen and oxygen atoms in total. The number of likely N-dealkylation sites (tertiary alicyclic amines) is 1. The van der Waals surface area contributed by atoms with Crippen molar-refractivity contribution < 1.29 is 18.7 Å². The molecule has 0 saturated carbocycles. The minimum absolute atomic E-state index is 0.0679. The number of nitrogens with zero attached hydrogens (tertiary/aromatic N) is 1. The number of ether oxygens (including phenoxy) is 1. The molecule has 1 aliphatic heterocycles. The Morgan fingerprint density at radius 3 is 2.87 bits per heavy atom. The highest BCUT2D eigenvalue weighted by atomic mass is 19.1.